The van der Waals surface area contributed by atoms with Gasteiger partial charge in [0, 0.05) is 38.5 Å². The zero-order valence-corrected chi connectivity index (χ0v) is 29.6. The van der Waals surface area contributed by atoms with Gasteiger partial charge < -0.3 is 9.13 Å². The van der Waals surface area contributed by atoms with Crippen molar-refractivity contribution >= 4 is 39.5 Å². The molecule has 0 radical (unpaired) electrons. The normalized spacial score (nSPS) is 13.4. The summed E-state index contributed by atoms with van der Waals surface area (Å²) in [5.74, 6) is 0. The van der Waals surface area contributed by atoms with Crippen molar-refractivity contribution < 1.29 is 0 Å². The van der Waals surface area contributed by atoms with Crippen molar-refractivity contribution in [1.29, 1.82) is 10.5 Å². The van der Waals surface area contributed by atoms with Crippen LogP contribution in [0.3, 0.4) is 0 Å². The molecule has 2 aliphatic rings. The van der Waals surface area contributed by atoms with Gasteiger partial charge >= 0.3 is 0 Å². The van der Waals surface area contributed by atoms with Crippen LogP contribution in [0.5, 0.6) is 0 Å². The van der Waals surface area contributed by atoms with Crippen LogP contribution in [-0.2, 0) is 6.42 Å². The molecule has 0 saturated carbocycles. The molecule has 0 amide bonds. The first-order chi connectivity index (χ1) is 26.7. The minimum absolute atomic E-state index is 0.626. The van der Waals surface area contributed by atoms with E-state index in [1.54, 1.807) is 0 Å². The van der Waals surface area contributed by atoms with Gasteiger partial charge in [0.1, 0.15) is 6.07 Å². The minimum Gasteiger partial charge on any atom is -0.312 e. The first-order valence-electron chi connectivity index (χ1n) is 18.6. The summed E-state index contributed by atoms with van der Waals surface area (Å²) in [6.07, 6.45) is 7.79. The Hall–Kier alpha value is -7.14. The molecular weight excluding hydrogens is 657 g/mol. The molecule has 0 bridgehead atoms. The van der Waals surface area contributed by atoms with Crippen LogP contribution in [0.25, 0.3) is 73.2 Å². The summed E-state index contributed by atoms with van der Waals surface area (Å²) < 4.78 is 4.71. The molecule has 8 aromatic rings. The van der Waals surface area contributed by atoms with Gasteiger partial charge in [-0.15, -0.1) is 0 Å². The lowest BCUT2D eigenvalue weighted by molar-refractivity contribution is 0.870. The average molecular weight is 691 g/mol. The number of fused-ring (bicyclic) bond motifs is 6. The second-order valence-corrected chi connectivity index (χ2v) is 14.1. The minimum atomic E-state index is 0.626. The average Bonchev–Trinajstić information content (AvgIpc) is 3.76. The van der Waals surface area contributed by atoms with E-state index in [2.05, 4.69) is 155 Å². The molecule has 0 atom stereocenters. The Morgan fingerprint density at radius 2 is 1.17 bits per heavy atom. The molecule has 0 fully saturated rings. The fourth-order valence-corrected chi connectivity index (χ4v) is 8.96. The lowest BCUT2D eigenvalue weighted by Crippen LogP contribution is -2.33. The van der Waals surface area contributed by atoms with Crippen molar-refractivity contribution in [2.24, 2.45) is 0 Å². The fourth-order valence-electron chi connectivity index (χ4n) is 8.96. The van der Waals surface area contributed by atoms with Crippen molar-refractivity contribution in [3.63, 3.8) is 0 Å². The molecular formula is C50H34N4. The molecule has 0 unspecified atom stereocenters. The third-order valence-electron chi connectivity index (χ3n) is 11.2. The van der Waals surface area contributed by atoms with Crippen LogP contribution in [0.1, 0.15) is 41.6 Å². The van der Waals surface area contributed by atoms with E-state index in [0.717, 1.165) is 75.1 Å². The summed E-state index contributed by atoms with van der Waals surface area (Å²) in [6.45, 7) is 0. The highest BCUT2D eigenvalue weighted by Gasteiger charge is 2.26. The van der Waals surface area contributed by atoms with Crippen LogP contribution in [0.2, 0.25) is 0 Å². The Bertz CT molecular complexity index is 3070. The molecule has 0 saturated heterocycles. The number of rotatable bonds is 5. The van der Waals surface area contributed by atoms with E-state index >= 15 is 0 Å². The van der Waals surface area contributed by atoms with Crippen LogP contribution in [0.15, 0.2) is 151 Å². The number of allylic oxidation sites excluding steroid dienone is 1. The van der Waals surface area contributed by atoms with Crippen molar-refractivity contribution in [3.05, 3.63) is 184 Å². The standard InChI is InChI=1S/C50H34N4/c51-31-33-28-29-47-44(30-33)49-41(22-13-27-48(49)54(47)45-25-10-4-14-34(45)32-52)38-19-7-5-17-36(38)37-18-6-8-20-39(37)42-23-12-24-43-40-21-9-11-26-46(40)53(50(42)43)35-15-2-1-3-16-35/h1-11,13-22,24-27,30H,12,23,28-29H2. The number of hydrogen-bond acceptors (Lipinski definition) is 2. The molecule has 254 valence electrons. The highest BCUT2D eigenvalue weighted by molar-refractivity contribution is 6.07. The second-order valence-electron chi connectivity index (χ2n) is 14.1. The van der Waals surface area contributed by atoms with Gasteiger partial charge in [0.25, 0.3) is 0 Å². The predicted molar refractivity (Wildman–Crippen MR) is 220 cm³/mol. The summed E-state index contributed by atoms with van der Waals surface area (Å²) in [6, 6.07) is 56.3. The summed E-state index contributed by atoms with van der Waals surface area (Å²) >= 11 is 0. The van der Waals surface area contributed by atoms with Crippen LogP contribution < -0.4 is 10.6 Å². The van der Waals surface area contributed by atoms with Crippen LogP contribution in [0, 0.1) is 22.7 Å². The summed E-state index contributed by atoms with van der Waals surface area (Å²) in [4.78, 5) is 0. The van der Waals surface area contributed by atoms with E-state index in [1.165, 1.54) is 38.2 Å². The molecule has 2 aliphatic carbocycles. The summed E-state index contributed by atoms with van der Waals surface area (Å²) in [7, 11) is 0. The van der Waals surface area contributed by atoms with E-state index < -0.39 is 0 Å². The number of nitrogens with zero attached hydrogens (tertiary/aromatic N) is 4. The lowest BCUT2D eigenvalue weighted by atomic mass is 9.85. The third-order valence-corrected chi connectivity index (χ3v) is 11.2. The molecule has 10 rings (SSSR count). The molecule has 0 N–H and O–H groups in total. The lowest BCUT2D eigenvalue weighted by Gasteiger charge is -2.19. The maximum absolute atomic E-state index is 10.2. The molecule has 0 spiro atoms. The predicted octanol–water partition coefficient (Wildman–Crippen LogP) is 10.4. The topological polar surface area (TPSA) is 57.4 Å². The molecule has 6 aromatic carbocycles. The SMILES string of the molecule is N#CC1=Cc2c(n(-c3ccccc3C#N)c3cccc(-c4ccccc4-c4ccccc4C4=c5c(c6ccccc6n5-c5ccccc5)=CCC4)c23)CC1. The fraction of sp³-hybridized carbons (Fsp3) is 0.0800. The smallest absolute Gasteiger partial charge is 0.101 e. The van der Waals surface area contributed by atoms with E-state index in [1.807, 2.05) is 24.3 Å². The van der Waals surface area contributed by atoms with Gasteiger partial charge in [-0.2, -0.15) is 10.5 Å². The summed E-state index contributed by atoms with van der Waals surface area (Å²) in [5, 5.41) is 25.2. The molecule has 4 heteroatoms. The maximum Gasteiger partial charge on any atom is 0.101 e. The first kappa shape index (κ1) is 31.6. The van der Waals surface area contributed by atoms with Crippen molar-refractivity contribution in [2.45, 2.75) is 25.7 Å². The highest BCUT2D eigenvalue weighted by Crippen LogP contribution is 2.44. The van der Waals surface area contributed by atoms with Crippen molar-refractivity contribution in [2.75, 3.05) is 0 Å². The first-order valence-corrected chi connectivity index (χ1v) is 18.6. The molecule has 54 heavy (non-hydrogen) atoms. The molecule has 2 heterocycles. The highest BCUT2D eigenvalue weighted by atomic mass is 15.0. The molecule has 4 nitrogen and oxygen atoms in total. The van der Waals surface area contributed by atoms with Gasteiger partial charge in [-0.1, -0.05) is 115 Å². The van der Waals surface area contributed by atoms with E-state index in [0.29, 0.717) is 12.0 Å². The Kier molecular flexibility index (Phi) is 7.50. The second kappa shape index (κ2) is 12.8. The number of aromatic nitrogens is 2. The quantitative estimate of drug-likeness (QED) is 0.181. The monoisotopic (exact) mass is 690 g/mol. The van der Waals surface area contributed by atoms with Crippen LogP contribution >= 0.6 is 0 Å². The Morgan fingerprint density at radius 1 is 0.519 bits per heavy atom. The number of benzene rings is 6. The Balaban J connectivity index is 1.26. The third kappa shape index (κ3) is 4.82. The van der Waals surface area contributed by atoms with E-state index in [9.17, 15) is 10.5 Å². The number of nitriles is 2. The van der Waals surface area contributed by atoms with Crippen molar-refractivity contribution in [3.8, 4) is 45.8 Å². The number of para-hydroxylation sites is 3. The van der Waals surface area contributed by atoms with Gasteiger partial charge in [0.05, 0.1) is 33.7 Å². The summed E-state index contributed by atoms with van der Waals surface area (Å²) in [5.41, 5.74) is 15.0. The van der Waals surface area contributed by atoms with Gasteiger partial charge in [-0.05, 0) is 102 Å². The van der Waals surface area contributed by atoms with Gasteiger partial charge in [0.15, 0.2) is 0 Å². The van der Waals surface area contributed by atoms with Crippen molar-refractivity contribution in [1.82, 2.24) is 9.13 Å². The van der Waals surface area contributed by atoms with Gasteiger partial charge in [-0.3, -0.25) is 0 Å². The largest absolute Gasteiger partial charge is 0.312 e. The van der Waals surface area contributed by atoms with Crippen LogP contribution in [0.4, 0.5) is 0 Å². The van der Waals surface area contributed by atoms with Gasteiger partial charge in [-0.25, -0.2) is 0 Å². The molecule has 0 aliphatic heterocycles. The van der Waals surface area contributed by atoms with E-state index in [-0.39, 0.29) is 0 Å². The number of hydrogen-bond donors (Lipinski definition) is 0. The van der Waals surface area contributed by atoms with Crippen LogP contribution in [-0.4, -0.2) is 9.13 Å². The van der Waals surface area contributed by atoms with Gasteiger partial charge in [0.2, 0.25) is 0 Å². The molecule has 2 aromatic heterocycles. The maximum atomic E-state index is 10.2. The van der Waals surface area contributed by atoms with E-state index in [4.69, 9.17) is 0 Å². The Morgan fingerprint density at radius 3 is 1.96 bits per heavy atom. The zero-order chi connectivity index (χ0) is 36.2. The zero-order valence-electron chi connectivity index (χ0n) is 29.6. The Labute approximate surface area is 313 Å².